The second-order valence-electron chi connectivity index (χ2n) is 5.60. The molecule has 1 atom stereocenters. The van der Waals surface area contributed by atoms with E-state index >= 15 is 0 Å². The first kappa shape index (κ1) is 16.2. The average molecular weight is 337 g/mol. The van der Waals surface area contributed by atoms with Crippen LogP contribution in [0.15, 0.2) is 42.5 Å². The fraction of sp³-hybridized carbons (Fsp3) is 0.235. The van der Waals surface area contributed by atoms with E-state index in [0.29, 0.717) is 10.5 Å². The van der Waals surface area contributed by atoms with E-state index in [1.54, 1.807) is 18.2 Å². The van der Waals surface area contributed by atoms with E-state index in [-0.39, 0.29) is 29.8 Å². The number of aromatic hydroxyl groups is 2. The Bertz CT molecular complexity index is 789. The van der Waals surface area contributed by atoms with Crippen molar-refractivity contribution in [2.24, 2.45) is 0 Å². The second kappa shape index (κ2) is 5.74. The van der Waals surface area contributed by atoms with Crippen molar-refractivity contribution >= 4 is 11.6 Å². The Morgan fingerprint density at radius 1 is 1.12 bits per heavy atom. The van der Waals surface area contributed by atoms with Crippen LogP contribution in [0.2, 0.25) is 0 Å². The number of anilines is 1. The van der Waals surface area contributed by atoms with Crippen LogP contribution in [0.5, 0.6) is 11.5 Å². The van der Waals surface area contributed by atoms with E-state index in [0.717, 1.165) is 18.2 Å². The number of alkyl halides is 3. The van der Waals surface area contributed by atoms with Gasteiger partial charge in [-0.05, 0) is 36.6 Å². The lowest BCUT2D eigenvalue weighted by Crippen LogP contribution is -2.51. The molecule has 1 aliphatic rings. The van der Waals surface area contributed by atoms with E-state index in [1.165, 1.54) is 6.07 Å². The van der Waals surface area contributed by atoms with E-state index in [4.69, 9.17) is 0 Å². The van der Waals surface area contributed by atoms with Gasteiger partial charge in [-0.1, -0.05) is 18.2 Å². The molecule has 0 aliphatic carbocycles. The average Bonchev–Trinajstić information content (AvgIpc) is 2.52. The smallest absolute Gasteiger partial charge is 0.409 e. The first-order chi connectivity index (χ1) is 11.3. The predicted molar refractivity (Wildman–Crippen MR) is 81.2 cm³/mol. The number of phenolic OH excluding ortho intramolecular Hbond substituents is 2. The molecule has 24 heavy (non-hydrogen) atoms. The quantitative estimate of drug-likeness (QED) is 0.835. The van der Waals surface area contributed by atoms with Crippen LogP contribution in [-0.4, -0.2) is 28.3 Å². The standard InChI is InChI=1S/C17H14F3NO3/c18-17(19,20)15-8-5-10-3-1-2-4-13(10)21(15)16(24)12-7-6-11(22)9-14(12)23/h1-4,6-7,9,15,22-23H,5,8H2. The Balaban J connectivity index is 2.11. The van der Waals surface area contributed by atoms with Crippen molar-refractivity contribution in [3.8, 4) is 11.5 Å². The number of benzene rings is 2. The van der Waals surface area contributed by atoms with Crippen LogP contribution in [0.1, 0.15) is 22.3 Å². The second-order valence-corrected chi connectivity index (χ2v) is 5.60. The van der Waals surface area contributed by atoms with Crippen molar-refractivity contribution in [2.45, 2.75) is 25.1 Å². The Morgan fingerprint density at radius 2 is 1.83 bits per heavy atom. The molecule has 0 bridgehead atoms. The molecule has 1 unspecified atom stereocenters. The third-order valence-corrected chi connectivity index (χ3v) is 4.06. The van der Waals surface area contributed by atoms with Crippen molar-refractivity contribution in [1.29, 1.82) is 0 Å². The maximum Gasteiger partial charge on any atom is 0.409 e. The van der Waals surface area contributed by atoms with Gasteiger partial charge in [0.05, 0.1) is 5.56 Å². The van der Waals surface area contributed by atoms with Crippen LogP contribution in [0.4, 0.5) is 18.9 Å². The molecule has 2 aromatic rings. The van der Waals surface area contributed by atoms with Crippen molar-refractivity contribution in [3.63, 3.8) is 0 Å². The lowest BCUT2D eigenvalue weighted by molar-refractivity contribution is -0.149. The van der Waals surface area contributed by atoms with Gasteiger partial charge in [-0.25, -0.2) is 0 Å². The Labute approximate surface area is 135 Å². The van der Waals surface area contributed by atoms with Crippen LogP contribution in [-0.2, 0) is 6.42 Å². The summed E-state index contributed by atoms with van der Waals surface area (Å²) < 4.78 is 40.3. The van der Waals surface area contributed by atoms with Gasteiger partial charge in [0.15, 0.2) is 0 Å². The Hall–Kier alpha value is -2.70. The summed E-state index contributed by atoms with van der Waals surface area (Å²) in [5, 5.41) is 19.1. The fourth-order valence-corrected chi connectivity index (χ4v) is 2.94. The van der Waals surface area contributed by atoms with Crippen molar-refractivity contribution < 1.29 is 28.2 Å². The SMILES string of the molecule is O=C(c1ccc(O)cc1O)N1c2ccccc2CCC1C(F)(F)F. The summed E-state index contributed by atoms with van der Waals surface area (Å²) >= 11 is 0. The molecule has 7 heteroatoms. The highest BCUT2D eigenvalue weighted by atomic mass is 19.4. The zero-order valence-electron chi connectivity index (χ0n) is 12.4. The van der Waals surface area contributed by atoms with Gasteiger partial charge in [0.1, 0.15) is 17.5 Å². The van der Waals surface area contributed by atoms with E-state index in [9.17, 15) is 28.2 Å². The molecule has 0 aromatic heterocycles. The molecule has 2 N–H and O–H groups in total. The van der Waals surface area contributed by atoms with E-state index in [1.807, 2.05) is 0 Å². The van der Waals surface area contributed by atoms with Crippen LogP contribution < -0.4 is 4.90 Å². The zero-order chi connectivity index (χ0) is 17.5. The molecule has 1 amide bonds. The van der Waals surface area contributed by atoms with Crippen LogP contribution in [0.25, 0.3) is 0 Å². The minimum Gasteiger partial charge on any atom is -0.508 e. The first-order valence-electron chi connectivity index (χ1n) is 7.29. The summed E-state index contributed by atoms with van der Waals surface area (Å²) in [7, 11) is 0. The Morgan fingerprint density at radius 3 is 2.50 bits per heavy atom. The number of aryl methyl sites for hydroxylation is 1. The number of nitrogens with zero attached hydrogens (tertiary/aromatic N) is 1. The number of carbonyl (C=O) groups is 1. The van der Waals surface area contributed by atoms with Crippen LogP contribution in [0, 0.1) is 0 Å². The summed E-state index contributed by atoms with van der Waals surface area (Å²) in [6, 6.07) is 7.62. The predicted octanol–water partition coefficient (Wildman–Crippen LogP) is 3.62. The number of rotatable bonds is 1. The largest absolute Gasteiger partial charge is 0.508 e. The highest BCUT2D eigenvalue weighted by Crippen LogP contribution is 2.39. The van der Waals surface area contributed by atoms with Gasteiger partial charge in [-0.3, -0.25) is 9.69 Å². The molecule has 0 radical (unpaired) electrons. The summed E-state index contributed by atoms with van der Waals surface area (Å²) in [4.78, 5) is 13.4. The van der Waals surface area contributed by atoms with Crippen molar-refractivity contribution in [3.05, 3.63) is 53.6 Å². The number of halogens is 3. The lowest BCUT2D eigenvalue weighted by Gasteiger charge is -2.38. The van der Waals surface area contributed by atoms with Gasteiger partial charge >= 0.3 is 6.18 Å². The summed E-state index contributed by atoms with van der Waals surface area (Å²) in [6.07, 6.45) is -4.62. The van der Waals surface area contributed by atoms with Crippen LogP contribution >= 0.6 is 0 Å². The number of hydrogen-bond donors (Lipinski definition) is 2. The molecule has 1 aliphatic heterocycles. The monoisotopic (exact) mass is 337 g/mol. The number of phenols is 2. The van der Waals surface area contributed by atoms with Crippen molar-refractivity contribution in [2.75, 3.05) is 4.90 Å². The maximum absolute atomic E-state index is 13.4. The molecule has 126 valence electrons. The zero-order valence-corrected chi connectivity index (χ0v) is 12.4. The molecule has 0 fully saturated rings. The van der Waals surface area contributed by atoms with Gasteiger partial charge in [0.2, 0.25) is 0 Å². The number of para-hydroxylation sites is 1. The van der Waals surface area contributed by atoms with Gasteiger partial charge in [0, 0.05) is 11.8 Å². The minimum absolute atomic E-state index is 0.184. The van der Waals surface area contributed by atoms with Crippen LogP contribution in [0.3, 0.4) is 0 Å². The topological polar surface area (TPSA) is 60.8 Å². The van der Waals surface area contributed by atoms with Crippen molar-refractivity contribution in [1.82, 2.24) is 0 Å². The van der Waals surface area contributed by atoms with Gasteiger partial charge in [0.25, 0.3) is 5.91 Å². The van der Waals surface area contributed by atoms with Gasteiger partial charge < -0.3 is 10.2 Å². The molecule has 2 aromatic carbocycles. The third-order valence-electron chi connectivity index (χ3n) is 4.06. The molecule has 4 nitrogen and oxygen atoms in total. The molecule has 1 heterocycles. The number of hydrogen-bond acceptors (Lipinski definition) is 3. The maximum atomic E-state index is 13.4. The highest BCUT2D eigenvalue weighted by Gasteiger charge is 2.48. The lowest BCUT2D eigenvalue weighted by atomic mass is 9.94. The molecular weight excluding hydrogens is 323 g/mol. The Kier molecular flexibility index (Phi) is 3.87. The first-order valence-corrected chi connectivity index (χ1v) is 7.29. The number of carbonyl (C=O) groups excluding carboxylic acids is 1. The van der Waals surface area contributed by atoms with Gasteiger partial charge in [-0.2, -0.15) is 13.2 Å². The number of fused-ring (bicyclic) bond motifs is 1. The molecule has 0 saturated carbocycles. The van der Waals surface area contributed by atoms with E-state index < -0.39 is 23.9 Å². The summed E-state index contributed by atoms with van der Waals surface area (Å²) in [6.45, 7) is 0. The highest BCUT2D eigenvalue weighted by molar-refractivity contribution is 6.09. The summed E-state index contributed by atoms with van der Waals surface area (Å²) in [5.41, 5.74) is 0.534. The third kappa shape index (κ3) is 2.77. The minimum atomic E-state index is -4.59. The van der Waals surface area contributed by atoms with Gasteiger partial charge in [-0.15, -0.1) is 0 Å². The fourth-order valence-electron chi connectivity index (χ4n) is 2.94. The molecular formula is C17H14F3NO3. The molecule has 0 spiro atoms. The normalized spacial score (nSPS) is 17.5. The summed E-state index contributed by atoms with van der Waals surface area (Å²) in [5.74, 6) is -1.80. The number of amides is 1. The molecule has 3 rings (SSSR count). The van der Waals surface area contributed by atoms with E-state index in [2.05, 4.69) is 0 Å². The molecule has 0 saturated heterocycles.